The number of thiazole rings is 1. The number of hydrogen-bond acceptors (Lipinski definition) is 4. The van der Waals surface area contributed by atoms with Crippen molar-refractivity contribution in [3.8, 4) is 5.75 Å². The SMILES string of the molecule is Cc1nc(CN=C(N)Nc2ccc(OC(F)(F)F)cc2)c(C)s1.I. The molecule has 1 aromatic carbocycles. The Morgan fingerprint density at radius 1 is 1.29 bits per heavy atom. The molecule has 0 bridgehead atoms. The number of nitrogens with two attached hydrogens (primary N) is 1. The maximum absolute atomic E-state index is 12.1. The van der Waals surface area contributed by atoms with Gasteiger partial charge in [-0.05, 0) is 38.1 Å². The molecule has 10 heteroatoms. The molecule has 0 amide bonds. The topological polar surface area (TPSA) is 72.5 Å². The van der Waals surface area contributed by atoms with E-state index in [1.54, 1.807) is 11.3 Å². The van der Waals surface area contributed by atoms with Gasteiger partial charge in [-0.25, -0.2) is 9.98 Å². The van der Waals surface area contributed by atoms with Gasteiger partial charge in [0.2, 0.25) is 0 Å². The Morgan fingerprint density at radius 3 is 2.42 bits per heavy atom. The van der Waals surface area contributed by atoms with Gasteiger partial charge in [-0.3, -0.25) is 0 Å². The molecule has 3 N–H and O–H groups in total. The predicted octanol–water partition coefficient (Wildman–Crippen LogP) is 4.20. The number of alkyl halides is 3. The zero-order chi connectivity index (χ0) is 17.0. The van der Waals surface area contributed by atoms with Crippen LogP contribution in [0.25, 0.3) is 0 Å². The molecule has 5 nitrogen and oxygen atoms in total. The standard InChI is InChI=1S/C14H15F3N4OS.HI/c1-8-12(20-9(2)23-8)7-19-13(18)21-10-3-5-11(6-4-10)22-14(15,16)17;/h3-6H,7H2,1-2H3,(H3,18,19,21);1H. The maximum Gasteiger partial charge on any atom is 0.573 e. The molecule has 0 unspecified atom stereocenters. The highest BCUT2D eigenvalue weighted by Gasteiger charge is 2.30. The molecule has 0 saturated heterocycles. The van der Waals surface area contributed by atoms with Crippen LogP contribution in [0.15, 0.2) is 29.3 Å². The van der Waals surface area contributed by atoms with Crippen molar-refractivity contribution in [1.29, 1.82) is 0 Å². The van der Waals surface area contributed by atoms with Crippen molar-refractivity contribution in [2.75, 3.05) is 5.32 Å². The summed E-state index contributed by atoms with van der Waals surface area (Å²) in [6.07, 6.45) is -4.71. The second kappa shape index (κ2) is 8.51. The first kappa shape index (κ1) is 20.5. The van der Waals surface area contributed by atoms with Crippen molar-refractivity contribution in [2.24, 2.45) is 10.7 Å². The molecular weight excluding hydrogens is 456 g/mol. The van der Waals surface area contributed by atoms with E-state index in [-0.39, 0.29) is 35.7 Å². The van der Waals surface area contributed by atoms with Gasteiger partial charge in [0, 0.05) is 10.6 Å². The molecule has 0 radical (unpaired) electrons. The van der Waals surface area contributed by atoms with Crippen LogP contribution in [-0.2, 0) is 6.54 Å². The molecule has 2 rings (SSSR count). The number of ether oxygens (including phenoxy) is 1. The molecule has 0 saturated carbocycles. The average molecular weight is 472 g/mol. The average Bonchev–Trinajstić information content (AvgIpc) is 2.75. The fraction of sp³-hybridized carbons (Fsp3) is 0.286. The number of aromatic nitrogens is 1. The van der Waals surface area contributed by atoms with Crippen molar-refractivity contribution in [3.05, 3.63) is 39.8 Å². The van der Waals surface area contributed by atoms with E-state index in [1.807, 2.05) is 13.8 Å². The quantitative estimate of drug-likeness (QED) is 0.398. The van der Waals surface area contributed by atoms with Gasteiger partial charge in [0.15, 0.2) is 5.96 Å². The Kier molecular flexibility index (Phi) is 7.27. The smallest absolute Gasteiger partial charge is 0.406 e. The first-order valence-corrected chi connectivity index (χ1v) is 7.40. The number of aliphatic imine (C=N–C) groups is 1. The van der Waals surface area contributed by atoms with Crippen LogP contribution < -0.4 is 15.8 Å². The monoisotopic (exact) mass is 472 g/mol. The summed E-state index contributed by atoms with van der Waals surface area (Å²) in [4.78, 5) is 9.58. The number of aryl methyl sites for hydroxylation is 2. The molecule has 1 aromatic heterocycles. The number of halogens is 4. The summed E-state index contributed by atoms with van der Waals surface area (Å²) < 4.78 is 40.0. The minimum Gasteiger partial charge on any atom is -0.406 e. The zero-order valence-electron chi connectivity index (χ0n) is 12.8. The Morgan fingerprint density at radius 2 is 1.92 bits per heavy atom. The van der Waals surface area contributed by atoms with Crippen LogP contribution in [0.2, 0.25) is 0 Å². The van der Waals surface area contributed by atoms with Gasteiger partial charge < -0.3 is 15.8 Å². The van der Waals surface area contributed by atoms with Crippen molar-refractivity contribution < 1.29 is 17.9 Å². The number of rotatable bonds is 4. The summed E-state index contributed by atoms with van der Waals surface area (Å²) in [5, 5.41) is 3.75. The summed E-state index contributed by atoms with van der Waals surface area (Å²) in [5.41, 5.74) is 7.11. The lowest BCUT2D eigenvalue weighted by Gasteiger charge is -2.10. The number of nitrogens with zero attached hydrogens (tertiary/aromatic N) is 2. The van der Waals surface area contributed by atoms with Gasteiger partial charge in [0.25, 0.3) is 0 Å². The number of benzene rings is 1. The molecule has 1 heterocycles. The van der Waals surface area contributed by atoms with Crippen LogP contribution in [0, 0.1) is 13.8 Å². The van der Waals surface area contributed by atoms with Crippen LogP contribution in [-0.4, -0.2) is 17.3 Å². The molecule has 0 aliphatic carbocycles. The third-order valence-corrected chi connectivity index (χ3v) is 3.69. The van der Waals surface area contributed by atoms with E-state index < -0.39 is 6.36 Å². The molecule has 0 aliphatic rings. The first-order chi connectivity index (χ1) is 10.7. The van der Waals surface area contributed by atoms with Gasteiger partial charge in [0.05, 0.1) is 17.2 Å². The third kappa shape index (κ3) is 6.51. The second-order valence-corrected chi connectivity index (χ2v) is 6.04. The highest BCUT2D eigenvalue weighted by atomic mass is 127. The number of anilines is 1. The Bertz CT molecular complexity index is 701. The lowest BCUT2D eigenvalue weighted by atomic mass is 10.3. The number of nitrogens with one attached hydrogen (secondary N) is 1. The third-order valence-electron chi connectivity index (χ3n) is 2.76. The Hall–Kier alpha value is -1.56. The second-order valence-electron chi connectivity index (χ2n) is 4.63. The summed E-state index contributed by atoms with van der Waals surface area (Å²) in [7, 11) is 0. The minimum atomic E-state index is -4.71. The van der Waals surface area contributed by atoms with Crippen molar-refractivity contribution in [3.63, 3.8) is 0 Å². The highest BCUT2D eigenvalue weighted by molar-refractivity contribution is 14.0. The van der Waals surface area contributed by atoms with E-state index >= 15 is 0 Å². The van der Waals surface area contributed by atoms with Crippen molar-refractivity contribution in [1.82, 2.24) is 4.98 Å². The van der Waals surface area contributed by atoms with E-state index in [2.05, 4.69) is 20.0 Å². The summed E-state index contributed by atoms with van der Waals surface area (Å²) in [6, 6.07) is 5.22. The Balaban J connectivity index is 0.00000288. The maximum atomic E-state index is 12.1. The summed E-state index contributed by atoms with van der Waals surface area (Å²) in [6.45, 7) is 4.21. The van der Waals surface area contributed by atoms with Gasteiger partial charge >= 0.3 is 6.36 Å². The van der Waals surface area contributed by atoms with Crippen LogP contribution in [0.1, 0.15) is 15.6 Å². The van der Waals surface area contributed by atoms with Crippen LogP contribution >= 0.6 is 35.3 Å². The Labute approximate surface area is 158 Å². The van der Waals surface area contributed by atoms with E-state index in [0.717, 1.165) is 15.6 Å². The number of hydrogen-bond donors (Lipinski definition) is 2. The van der Waals surface area contributed by atoms with Gasteiger partial charge in [-0.15, -0.1) is 48.5 Å². The molecular formula is C14H16F3IN4OS. The van der Waals surface area contributed by atoms with E-state index in [0.29, 0.717) is 12.2 Å². The van der Waals surface area contributed by atoms with Gasteiger partial charge in [-0.1, -0.05) is 0 Å². The fourth-order valence-electron chi connectivity index (χ4n) is 1.81. The van der Waals surface area contributed by atoms with Crippen LogP contribution in [0.4, 0.5) is 18.9 Å². The van der Waals surface area contributed by atoms with Crippen molar-refractivity contribution >= 4 is 47.0 Å². The molecule has 24 heavy (non-hydrogen) atoms. The summed E-state index contributed by atoms with van der Waals surface area (Å²) >= 11 is 1.58. The lowest BCUT2D eigenvalue weighted by Crippen LogP contribution is -2.22. The van der Waals surface area contributed by atoms with Crippen molar-refractivity contribution in [2.45, 2.75) is 26.8 Å². The molecule has 0 fully saturated rings. The van der Waals surface area contributed by atoms with Crippen LogP contribution in [0.5, 0.6) is 5.75 Å². The highest BCUT2D eigenvalue weighted by Crippen LogP contribution is 2.24. The predicted molar refractivity (Wildman–Crippen MR) is 99.1 cm³/mol. The van der Waals surface area contributed by atoms with E-state index in [9.17, 15) is 13.2 Å². The first-order valence-electron chi connectivity index (χ1n) is 6.58. The van der Waals surface area contributed by atoms with E-state index in [1.165, 1.54) is 24.3 Å². The van der Waals surface area contributed by atoms with E-state index in [4.69, 9.17) is 5.73 Å². The van der Waals surface area contributed by atoms with Crippen LogP contribution in [0.3, 0.4) is 0 Å². The molecule has 0 spiro atoms. The molecule has 2 aromatic rings. The fourth-order valence-corrected chi connectivity index (χ4v) is 2.63. The van der Waals surface area contributed by atoms with Gasteiger partial charge in [-0.2, -0.15) is 0 Å². The normalized spacial score (nSPS) is 11.8. The molecule has 132 valence electrons. The van der Waals surface area contributed by atoms with Gasteiger partial charge in [0.1, 0.15) is 5.75 Å². The molecule has 0 aliphatic heterocycles. The largest absolute Gasteiger partial charge is 0.573 e. The lowest BCUT2D eigenvalue weighted by molar-refractivity contribution is -0.274. The minimum absolute atomic E-state index is 0. The number of guanidine groups is 1. The molecule has 0 atom stereocenters. The summed E-state index contributed by atoms with van der Waals surface area (Å²) in [5.74, 6) is -0.147. The zero-order valence-corrected chi connectivity index (χ0v) is 16.0.